The Kier molecular flexibility index (Phi) is 4.11. The van der Waals surface area contributed by atoms with Crippen molar-refractivity contribution >= 4 is 17.6 Å². The summed E-state index contributed by atoms with van der Waals surface area (Å²) in [6, 6.07) is 12.5. The molecule has 0 atom stereocenters. The molecule has 1 aromatic carbocycles. The summed E-state index contributed by atoms with van der Waals surface area (Å²) in [5.74, 6) is 0.0378. The average Bonchev–Trinajstić information content (AvgIpc) is 3.03. The van der Waals surface area contributed by atoms with E-state index in [4.69, 9.17) is 20.9 Å². The van der Waals surface area contributed by atoms with Gasteiger partial charge in [-0.2, -0.15) is 4.98 Å². The number of hydrogen-bond acceptors (Lipinski definition) is 6. The molecular formula is C15H10ClN3O3. The van der Waals surface area contributed by atoms with E-state index in [-0.39, 0.29) is 23.2 Å². The molecule has 110 valence electrons. The van der Waals surface area contributed by atoms with Gasteiger partial charge in [0, 0.05) is 11.8 Å². The van der Waals surface area contributed by atoms with E-state index in [1.807, 2.05) is 30.3 Å². The highest BCUT2D eigenvalue weighted by atomic mass is 35.5. The van der Waals surface area contributed by atoms with Crippen molar-refractivity contribution in [2.24, 2.45) is 0 Å². The van der Waals surface area contributed by atoms with Crippen molar-refractivity contribution in [3.05, 3.63) is 65.3 Å². The summed E-state index contributed by atoms with van der Waals surface area (Å²) in [6.07, 6.45) is 1.49. The zero-order chi connectivity index (χ0) is 15.4. The summed E-state index contributed by atoms with van der Waals surface area (Å²) in [7, 11) is 0. The topological polar surface area (TPSA) is 78.1 Å². The summed E-state index contributed by atoms with van der Waals surface area (Å²) in [6.45, 7) is -0.135. The van der Waals surface area contributed by atoms with E-state index in [1.54, 1.807) is 6.07 Å². The highest BCUT2D eigenvalue weighted by molar-refractivity contribution is 6.32. The predicted octanol–water partition coefficient (Wildman–Crippen LogP) is 3.14. The zero-order valence-electron chi connectivity index (χ0n) is 11.3. The normalized spacial score (nSPS) is 10.4. The Labute approximate surface area is 130 Å². The van der Waals surface area contributed by atoms with Crippen LogP contribution in [0.5, 0.6) is 0 Å². The third-order valence-electron chi connectivity index (χ3n) is 2.81. The molecule has 0 saturated heterocycles. The molecule has 3 aromatic rings. The summed E-state index contributed by atoms with van der Waals surface area (Å²) in [4.78, 5) is 19.9. The number of halogens is 1. The van der Waals surface area contributed by atoms with Gasteiger partial charge in [-0.15, -0.1) is 0 Å². The number of carbonyl (C=O) groups excluding carboxylic acids is 1. The van der Waals surface area contributed by atoms with Crippen molar-refractivity contribution in [1.82, 2.24) is 15.1 Å². The molecule has 0 fully saturated rings. The summed E-state index contributed by atoms with van der Waals surface area (Å²) < 4.78 is 10.1. The Balaban J connectivity index is 1.67. The number of aromatic nitrogens is 3. The highest BCUT2D eigenvalue weighted by Crippen LogP contribution is 2.16. The molecule has 2 heterocycles. The average molecular weight is 316 g/mol. The van der Waals surface area contributed by atoms with Crippen molar-refractivity contribution < 1.29 is 14.1 Å². The van der Waals surface area contributed by atoms with Gasteiger partial charge in [-0.25, -0.2) is 9.78 Å². The third kappa shape index (κ3) is 3.12. The van der Waals surface area contributed by atoms with Crippen LogP contribution in [0.15, 0.2) is 53.2 Å². The summed E-state index contributed by atoms with van der Waals surface area (Å²) in [5.41, 5.74) is 1.01. The van der Waals surface area contributed by atoms with Gasteiger partial charge in [-0.3, -0.25) is 0 Å². The van der Waals surface area contributed by atoms with Crippen LogP contribution >= 0.6 is 11.6 Å². The van der Waals surface area contributed by atoms with Gasteiger partial charge in [0.15, 0.2) is 6.61 Å². The second-order valence-electron chi connectivity index (χ2n) is 4.30. The van der Waals surface area contributed by atoms with Gasteiger partial charge in [0.2, 0.25) is 5.82 Å². The maximum Gasteiger partial charge on any atom is 0.341 e. The molecule has 22 heavy (non-hydrogen) atoms. The van der Waals surface area contributed by atoms with Gasteiger partial charge in [0.1, 0.15) is 5.15 Å². The van der Waals surface area contributed by atoms with Gasteiger partial charge < -0.3 is 9.26 Å². The molecule has 2 aromatic heterocycles. The minimum absolute atomic E-state index is 0.0861. The van der Waals surface area contributed by atoms with Crippen molar-refractivity contribution in [3.8, 4) is 11.4 Å². The monoisotopic (exact) mass is 315 g/mol. The van der Waals surface area contributed by atoms with Crippen LogP contribution in [-0.4, -0.2) is 21.1 Å². The van der Waals surface area contributed by atoms with Crippen LogP contribution in [-0.2, 0) is 11.3 Å². The Morgan fingerprint density at radius 1 is 1.18 bits per heavy atom. The molecule has 6 nitrogen and oxygen atoms in total. The number of ether oxygens (including phenoxy) is 1. The standard InChI is InChI=1S/C15H10ClN3O3/c16-13-11(7-4-8-17-13)15(20)21-9-12-18-14(19-22-12)10-5-2-1-3-6-10/h1-8H,9H2. The fourth-order valence-corrected chi connectivity index (χ4v) is 1.96. The third-order valence-corrected chi connectivity index (χ3v) is 3.11. The number of carbonyl (C=O) groups is 1. The Morgan fingerprint density at radius 2 is 2.00 bits per heavy atom. The van der Waals surface area contributed by atoms with Crippen molar-refractivity contribution in [2.45, 2.75) is 6.61 Å². The number of rotatable bonds is 4. The van der Waals surface area contributed by atoms with Crippen LogP contribution in [0.1, 0.15) is 16.2 Å². The smallest absolute Gasteiger partial charge is 0.341 e. The van der Waals surface area contributed by atoms with Crippen molar-refractivity contribution in [3.63, 3.8) is 0 Å². The van der Waals surface area contributed by atoms with Gasteiger partial charge in [0.05, 0.1) is 5.56 Å². The second kappa shape index (κ2) is 6.36. The van der Waals surface area contributed by atoms with Gasteiger partial charge >= 0.3 is 5.97 Å². The number of esters is 1. The molecule has 0 aliphatic heterocycles. The first kappa shape index (κ1) is 14.2. The lowest BCUT2D eigenvalue weighted by Gasteiger charge is -2.02. The predicted molar refractivity (Wildman–Crippen MR) is 78.1 cm³/mol. The Morgan fingerprint density at radius 3 is 2.77 bits per heavy atom. The molecule has 0 aliphatic rings. The molecule has 0 saturated carbocycles. The fourth-order valence-electron chi connectivity index (χ4n) is 1.76. The molecule has 0 N–H and O–H groups in total. The molecule has 0 spiro atoms. The lowest BCUT2D eigenvalue weighted by molar-refractivity contribution is 0.0429. The lowest BCUT2D eigenvalue weighted by atomic mass is 10.2. The molecule has 0 aliphatic carbocycles. The largest absolute Gasteiger partial charge is 0.452 e. The van der Waals surface area contributed by atoms with Crippen molar-refractivity contribution in [1.29, 1.82) is 0 Å². The molecule has 7 heteroatoms. The zero-order valence-corrected chi connectivity index (χ0v) is 12.0. The maximum atomic E-state index is 11.9. The number of nitrogens with zero attached hydrogens (tertiary/aromatic N) is 3. The van der Waals surface area contributed by atoms with Gasteiger partial charge in [-0.05, 0) is 12.1 Å². The Hall–Kier alpha value is -2.73. The number of hydrogen-bond donors (Lipinski definition) is 0. The summed E-state index contributed by atoms with van der Waals surface area (Å²) >= 11 is 5.82. The van der Waals surface area contributed by atoms with Crippen LogP contribution in [0.2, 0.25) is 5.15 Å². The van der Waals surface area contributed by atoms with Crippen LogP contribution in [0, 0.1) is 0 Å². The SMILES string of the molecule is O=C(OCc1nc(-c2ccccc2)no1)c1cccnc1Cl. The van der Waals surface area contributed by atoms with E-state index >= 15 is 0 Å². The van der Waals surface area contributed by atoms with E-state index in [1.165, 1.54) is 12.3 Å². The molecule has 3 rings (SSSR count). The number of pyridine rings is 1. The molecule has 0 amide bonds. The maximum absolute atomic E-state index is 11.9. The van der Waals surface area contributed by atoms with E-state index < -0.39 is 5.97 Å². The van der Waals surface area contributed by atoms with Gasteiger partial charge in [-0.1, -0.05) is 47.1 Å². The van der Waals surface area contributed by atoms with Crippen molar-refractivity contribution in [2.75, 3.05) is 0 Å². The van der Waals surface area contributed by atoms with Crippen LogP contribution < -0.4 is 0 Å². The minimum Gasteiger partial charge on any atom is -0.452 e. The van der Waals surface area contributed by atoms with Gasteiger partial charge in [0.25, 0.3) is 5.89 Å². The minimum atomic E-state index is -0.599. The van der Waals surface area contributed by atoms with E-state index in [9.17, 15) is 4.79 Å². The summed E-state index contributed by atoms with van der Waals surface area (Å²) in [5, 5.41) is 3.92. The molecule has 0 unspecified atom stereocenters. The second-order valence-corrected chi connectivity index (χ2v) is 4.65. The van der Waals surface area contributed by atoms with Crippen LogP contribution in [0.4, 0.5) is 0 Å². The Bertz CT molecular complexity index is 789. The van der Waals surface area contributed by atoms with E-state index in [0.717, 1.165) is 5.56 Å². The first-order valence-corrected chi connectivity index (χ1v) is 6.77. The highest BCUT2D eigenvalue weighted by Gasteiger charge is 2.15. The van der Waals surface area contributed by atoms with E-state index in [2.05, 4.69) is 15.1 Å². The first-order valence-electron chi connectivity index (χ1n) is 6.39. The lowest BCUT2D eigenvalue weighted by Crippen LogP contribution is -2.06. The quantitative estimate of drug-likeness (QED) is 0.543. The number of benzene rings is 1. The first-order chi connectivity index (χ1) is 10.7. The molecule has 0 radical (unpaired) electrons. The van der Waals surface area contributed by atoms with Crippen LogP contribution in [0.25, 0.3) is 11.4 Å². The molecule has 0 bridgehead atoms. The molecular weight excluding hydrogens is 306 g/mol. The van der Waals surface area contributed by atoms with E-state index in [0.29, 0.717) is 5.82 Å². The fraction of sp³-hybridized carbons (Fsp3) is 0.0667. The van der Waals surface area contributed by atoms with Crippen LogP contribution in [0.3, 0.4) is 0 Å².